The molecule has 7 heteroatoms. The molecule has 2 N–H and O–H groups in total. The van der Waals surface area contributed by atoms with Crippen LogP contribution in [-0.4, -0.2) is 41.2 Å². The number of hydrogen-bond donors (Lipinski definition) is 2. The number of hydrogen-bond acceptors (Lipinski definition) is 7. The van der Waals surface area contributed by atoms with Crippen LogP contribution in [0, 0.1) is 0 Å². The van der Waals surface area contributed by atoms with Gasteiger partial charge in [-0.3, -0.25) is 4.79 Å². The lowest BCUT2D eigenvalue weighted by Gasteiger charge is -2.30. The van der Waals surface area contributed by atoms with Gasteiger partial charge in [0.15, 0.2) is 0 Å². The lowest BCUT2D eigenvalue weighted by atomic mass is 9.91. The van der Waals surface area contributed by atoms with Gasteiger partial charge < -0.3 is 15.4 Å². The number of carbonyl (C=O) groups is 1. The monoisotopic (exact) mass is 374 g/mol. The van der Waals surface area contributed by atoms with E-state index in [0.29, 0.717) is 25.2 Å². The van der Waals surface area contributed by atoms with Crippen molar-refractivity contribution in [1.82, 2.24) is 15.3 Å². The van der Waals surface area contributed by atoms with Gasteiger partial charge in [-0.15, -0.1) is 11.3 Å². The summed E-state index contributed by atoms with van der Waals surface area (Å²) in [7, 11) is 0. The van der Waals surface area contributed by atoms with Crippen molar-refractivity contribution in [3.05, 3.63) is 16.8 Å². The predicted molar refractivity (Wildman–Crippen MR) is 104 cm³/mol. The number of nitrogens with zero attached hydrogens (tertiary/aromatic N) is 2. The summed E-state index contributed by atoms with van der Waals surface area (Å²) in [5.41, 5.74) is 1.47. The average Bonchev–Trinajstić information content (AvgIpc) is 3.22. The van der Waals surface area contributed by atoms with Crippen molar-refractivity contribution in [1.29, 1.82) is 0 Å². The molecule has 2 aromatic heterocycles. The third kappa shape index (κ3) is 3.69. The zero-order valence-corrected chi connectivity index (χ0v) is 16.0. The maximum atomic E-state index is 11.5. The highest BCUT2D eigenvalue weighted by Crippen LogP contribution is 2.39. The first-order valence-electron chi connectivity index (χ1n) is 9.65. The van der Waals surface area contributed by atoms with Gasteiger partial charge in [-0.25, -0.2) is 9.97 Å². The minimum atomic E-state index is -0.164. The predicted octanol–water partition coefficient (Wildman–Crippen LogP) is 3.06. The van der Waals surface area contributed by atoms with Crippen molar-refractivity contribution in [3.63, 3.8) is 0 Å². The van der Waals surface area contributed by atoms with E-state index in [9.17, 15) is 4.79 Å². The molecule has 2 heterocycles. The van der Waals surface area contributed by atoms with Crippen molar-refractivity contribution >= 4 is 33.3 Å². The molecule has 2 aromatic rings. The Balaban J connectivity index is 1.35. The van der Waals surface area contributed by atoms with E-state index in [1.54, 1.807) is 6.33 Å². The van der Waals surface area contributed by atoms with E-state index in [0.717, 1.165) is 42.8 Å². The van der Waals surface area contributed by atoms with Crippen molar-refractivity contribution in [2.75, 3.05) is 18.5 Å². The van der Waals surface area contributed by atoms with Gasteiger partial charge in [-0.05, 0) is 57.4 Å². The number of carbonyl (C=O) groups excluding carboxylic acids is 1. The van der Waals surface area contributed by atoms with Gasteiger partial charge in [-0.1, -0.05) is 0 Å². The van der Waals surface area contributed by atoms with E-state index in [-0.39, 0.29) is 5.97 Å². The molecule has 0 unspecified atom stereocenters. The topological polar surface area (TPSA) is 76.1 Å². The Morgan fingerprint density at radius 3 is 2.85 bits per heavy atom. The molecule has 26 heavy (non-hydrogen) atoms. The molecule has 2 aliphatic carbocycles. The number of aryl methyl sites for hydroxylation is 2. The highest BCUT2D eigenvalue weighted by atomic mass is 32.1. The maximum absolute atomic E-state index is 11.5. The average molecular weight is 375 g/mol. The second-order valence-corrected chi connectivity index (χ2v) is 8.22. The van der Waals surface area contributed by atoms with Crippen LogP contribution in [0.2, 0.25) is 0 Å². The molecule has 0 spiro atoms. The first kappa shape index (κ1) is 17.7. The third-order valence-corrected chi connectivity index (χ3v) is 6.61. The summed E-state index contributed by atoms with van der Waals surface area (Å²) in [4.78, 5) is 23.1. The van der Waals surface area contributed by atoms with Crippen LogP contribution in [0.3, 0.4) is 0 Å². The summed E-state index contributed by atoms with van der Waals surface area (Å²) in [5, 5.41) is 8.26. The Hall–Kier alpha value is -1.73. The van der Waals surface area contributed by atoms with Crippen molar-refractivity contribution in [2.45, 2.75) is 64.0 Å². The van der Waals surface area contributed by atoms with Crippen molar-refractivity contribution < 1.29 is 9.53 Å². The number of rotatable bonds is 6. The quantitative estimate of drug-likeness (QED) is 0.757. The molecule has 0 amide bonds. The molecule has 0 radical (unpaired) electrons. The molecular weight excluding hydrogens is 348 g/mol. The second kappa shape index (κ2) is 7.88. The first-order chi connectivity index (χ1) is 12.7. The zero-order chi connectivity index (χ0) is 17.9. The van der Waals surface area contributed by atoms with Crippen molar-refractivity contribution in [2.24, 2.45) is 0 Å². The Bertz CT molecular complexity index is 783. The third-order valence-electron chi connectivity index (χ3n) is 5.41. The van der Waals surface area contributed by atoms with Gasteiger partial charge in [0.1, 0.15) is 17.0 Å². The van der Waals surface area contributed by atoms with Gasteiger partial charge in [0.25, 0.3) is 0 Å². The second-order valence-electron chi connectivity index (χ2n) is 7.14. The van der Waals surface area contributed by atoms with Gasteiger partial charge in [0.2, 0.25) is 0 Å². The molecule has 1 fully saturated rings. The Morgan fingerprint density at radius 1 is 1.23 bits per heavy atom. The molecule has 0 aromatic carbocycles. The van der Waals surface area contributed by atoms with Gasteiger partial charge >= 0.3 is 5.97 Å². The van der Waals surface area contributed by atoms with E-state index >= 15 is 0 Å². The Kier molecular flexibility index (Phi) is 5.36. The number of nitrogens with one attached hydrogen (secondary N) is 2. The Morgan fingerprint density at radius 2 is 2.04 bits per heavy atom. The zero-order valence-electron chi connectivity index (χ0n) is 15.2. The van der Waals surface area contributed by atoms with Crippen LogP contribution in [0.1, 0.15) is 49.5 Å². The van der Waals surface area contributed by atoms with E-state index in [2.05, 4.69) is 20.6 Å². The standard InChI is InChI=1S/C19H26N4O2S/c1-2-25-16(24)10-20-12-6-8-13(9-7-12)23-18-17-14-4-3-5-15(14)26-19(17)22-11-21-18/h11-13,20H,2-10H2,1H3,(H,21,22,23). The molecule has 0 bridgehead atoms. The number of esters is 1. The van der Waals surface area contributed by atoms with E-state index < -0.39 is 0 Å². The van der Waals surface area contributed by atoms with Gasteiger partial charge in [-0.2, -0.15) is 0 Å². The summed E-state index contributed by atoms with van der Waals surface area (Å²) in [6.45, 7) is 2.59. The van der Waals surface area contributed by atoms with E-state index in [4.69, 9.17) is 4.74 Å². The summed E-state index contributed by atoms with van der Waals surface area (Å²) >= 11 is 1.83. The molecule has 4 rings (SSSR count). The van der Waals surface area contributed by atoms with Crippen LogP contribution < -0.4 is 10.6 Å². The van der Waals surface area contributed by atoms with Crippen LogP contribution in [0.5, 0.6) is 0 Å². The fourth-order valence-corrected chi connectivity index (χ4v) is 5.34. The van der Waals surface area contributed by atoms with Crippen LogP contribution in [0.4, 0.5) is 5.82 Å². The summed E-state index contributed by atoms with van der Waals surface area (Å²) in [5.74, 6) is 0.847. The first-order valence-corrected chi connectivity index (χ1v) is 10.5. The molecule has 2 aliphatic rings. The minimum absolute atomic E-state index is 0.164. The van der Waals surface area contributed by atoms with Crippen LogP contribution in [0.25, 0.3) is 10.2 Å². The lowest BCUT2D eigenvalue weighted by molar-refractivity contribution is -0.142. The highest BCUT2D eigenvalue weighted by molar-refractivity contribution is 7.19. The van der Waals surface area contributed by atoms with Gasteiger partial charge in [0.05, 0.1) is 18.5 Å². The normalized spacial score (nSPS) is 22.3. The van der Waals surface area contributed by atoms with Crippen LogP contribution >= 0.6 is 11.3 Å². The Labute approximate surface area is 157 Å². The maximum Gasteiger partial charge on any atom is 0.319 e. The molecule has 140 valence electrons. The molecule has 1 saturated carbocycles. The number of ether oxygens (including phenoxy) is 1. The molecule has 6 nitrogen and oxygen atoms in total. The number of anilines is 1. The molecule has 0 aliphatic heterocycles. The summed E-state index contributed by atoms with van der Waals surface area (Å²) in [6.07, 6.45) is 9.57. The van der Waals surface area contributed by atoms with Gasteiger partial charge in [0, 0.05) is 17.0 Å². The van der Waals surface area contributed by atoms with E-state index in [1.165, 1.54) is 28.7 Å². The molecule has 0 saturated heterocycles. The van der Waals surface area contributed by atoms with E-state index in [1.807, 2.05) is 18.3 Å². The molecular formula is C19H26N4O2S. The summed E-state index contributed by atoms with van der Waals surface area (Å²) < 4.78 is 4.98. The number of thiophene rings is 1. The number of aromatic nitrogens is 2. The van der Waals surface area contributed by atoms with Crippen molar-refractivity contribution in [3.8, 4) is 0 Å². The van der Waals surface area contributed by atoms with Crippen LogP contribution in [0.15, 0.2) is 6.33 Å². The fourth-order valence-electron chi connectivity index (χ4n) is 4.11. The van der Waals surface area contributed by atoms with Crippen LogP contribution in [-0.2, 0) is 22.4 Å². The highest BCUT2D eigenvalue weighted by Gasteiger charge is 2.25. The smallest absolute Gasteiger partial charge is 0.319 e. The fraction of sp³-hybridized carbons (Fsp3) is 0.632. The number of fused-ring (bicyclic) bond motifs is 3. The largest absolute Gasteiger partial charge is 0.465 e. The molecule has 0 atom stereocenters. The minimum Gasteiger partial charge on any atom is -0.465 e. The summed E-state index contributed by atoms with van der Waals surface area (Å²) in [6, 6.07) is 0.832. The lowest BCUT2D eigenvalue weighted by Crippen LogP contribution is -2.39. The SMILES string of the molecule is CCOC(=O)CNC1CCC(Nc2ncnc3sc4c(c23)CCC4)CC1.